The second kappa shape index (κ2) is 4.05. The molecule has 98 valence electrons. The number of aromatic amines is 1. The first-order valence-electron chi connectivity index (χ1n) is 7.01. The molecular weight excluding hydrogens is 238 g/mol. The Morgan fingerprint density at radius 2 is 2.21 bits per heavy atom. The van der Waals surface area contributed by atoms with Crippen molar-refractivity contribution < 1.29 is 0 Å². The monoisotopic (exact) mass is 255 g/mol. The van der Waals surface area contributed by atoms with Gasteiger partial charge in [-0.25, -0.2) is 4.98 Å². The number of hydrogen-bond donors (Lipinski definition) is 1. The molecule has 1 N–H and O–H groups in total. The predicted molar refractivity (Wildman–Crippen MR) is 73.0 cm³/mol. The van der Waals surface area contributed by atoms with E-state index in [-0.39, 0.29) is 0 Å². The van der Waals surface area contributed by atoms with E-state index in [1.165, 1.54) is 25.7 Å². The Labute approximate surface area is 111 Å². The van der Waals surface area contributed by atoms with E-state index in [1.807, 2.05) is 12.3 Å². The van der Waals surface area contributed by atoms with E-state index in [0.717, 1.165) is 22.5 Å². The van der Waals surface area contributed by atoms with E-state index in [4.69, 9.17) is 4.98 Å². The first kappa shape index (κ1) is 11.0. The molecule has 1 fully saturated rings. The highest BCUT2D eigenvalue weighted by Gasteiger charge is 2.27. The van der Waals surface area contributed by atoms with E-state index in [1.54, 1.807) is 6.33 Å². The average molecular weight is 255 g/mol. The van der Waals surface area contributed by atoms with E-state index in [0.29, 0.717) is 11.8 Å². The first-order chi connectivity index (χ1) is 9.34. The van der Waals surface area contributed by atoms with Gasteiger partial charge in [0, 0.05) is 12.1 Å². The van der Waals surface area contributed by atoms with Gasteiger partial charge in [-0.15, -0.1) is 10.2 Å². The van der Waals surface area contributed by atoms with Crippen molar-refractivity contribution in [1.29, 1.82) is 0 Å². The van der Waals surface area contributed by atoms with Gasteiger partial charge >= 0.3 is 0 Å². The lowest BCUT2D eigenvalue weighted by atomic mass is 9.78. The SMILES string of the molecule is CC1CCCCC1c1nc2[nH]ccc2n2cnnc12. The maximum absolute atomic E-state index is 4.83. The van der Waals surface area contributed by atoms with Crippen LogP contribution < -0.4 is 0 Å². The Balaban J connectivity index is 1.97. The molecule has 3 heterocycles. The molecule has 1 aliphatic carbocycles. The smallest absolute Gasteiger partial charge is 0.183 e. The van der Waals surface area contributed by atoms with Crippen LogP contribution in [0.1, 0.15) is 44.2 Å². The van der Waals surface area contributed by atoms with Crippen LogP contribution in [0, 0.1) is 5.92 Å². The molecule has 1 aliphatic rings. The van der Waals surface area contributed by atoms with Crippen LogP contribution in [-0.2, 0) is 0 Å². The minimum absolute atomic E-state index is 0.508. The number of nitrogens with one attached hydrogen (secondary N) is 1. The van der Waals surface area contributed by atoms with Crippen LogP contribution in [0.3, 0.4) is 0 Å². The summed E-state index contributed by atoms with van der Waals surface area (Å²) < 4.78 is 2.05. The van der Waals surface area contributed by atoms with Crippen molar-refractivity contribution in [1.82, 2.24) is 24.6 Å². The Morgan fingerprint density at radius 1 is 1.32 bits per heavy atom. The summed E-state index contributed by atoms with van der Waals surface area (Å²) in [6.45, 7) is 2.33. The normalized spacial score (nSPS) is 24.3. The highest BCUT2D eigenvalue weighted by Crippen LogP contribution is 2.38. The molecule has 1 saturated carbocycles. The Hall–Kier alpha value is -1.91. The van der Waals surface area contributed by atoms with Crippen LogP contribution in [0.25, 0.3) is 16.8 Å². The van der Waals surface area contributed by atoms with Gasteiger partial charge in [0.15, 0.2) is 11.3 Å². The zero-order valence-corrected chi connectivity index (χ0v) is 11.0. The summed E-state index contributed by atoms with van der Waals surface area (Å²) in [4.78, 5) is 8.04. The second-order valence-electron chi connectivity index (χ2n) is 5.60. The number of aromatic nitrogens is 5. The molecule has 3 aromatic rings. The van der Waals surface area contributed by atoms with Gasteiger partial charge in [-0.05, 0) is 18.4 Å². The third-order valence-corrected chi connectivity index (χ3v) is 4.44. The van der Waals surface area contributed by atoms with Crippen molar-refractivity contribution in [2.24, 2.45) is 5.92 Å². The van der Waals surface area contributed by atoms with Crippen LogP contribution in [0.5, 0.6) is 0 Å². The molecule has 0 aliphatic heterocycles. The quantitative estimate of drug-likeness (QED) is 0.727. The Kier molecular flexibility index (Phi) is 2.33. The minimum Gasteiger partial charge on any atom is -0.345 e. The van der Waals surface area contributed by atoms with Gasteiger partial charge < -0.3 is 4.98 Å². The van der Waals surface area contributed by atoms with E-state index in [2.05, 4.69) is 26.5 Å². The zero-order valence-electron chi connectivity index (χ0n) is 11.0. The molecule has 0 bridgehead atoms. The molecule has 0 radical (unpaired) electrons. The number of nitrogens with zero attached hydrogens (tertiary/aromatic N) is 4. The van der Waals surface area contributed by atoms with Gasteiger partial charge in [0.2, 0.25) is 0 Å². The van der Waals surface area contributed by atoms with Crippen LogP contribution >= 0.6 is 0 Å². The fraction of sp³-hybridized carbons (Fsp3) is 0.500. The Bertz CT molecular complexity index is 726. The second-order valence-corrected chi connectivity index (χ2v) is 5.60. The predicted octanol–water partition coefficient (Wildman–Crippen LogP) is 2.90. The lowest BCUT2D eigenvalue weighted by molar-refractivity contribution is 0.327. The Morgan fingerprint density at radius 3 is 3.11 bits per heavy atom. The number of hydrogen-bond acceptors (Lipinski definition) is 3. The number of H-pyrrole nitrogens is 1. The molecular formula is C14H17N5. The molecule has 0 amide bonds. The summed E-state index contributed by atoms with van der Waals surface area (Å²) >= 11 is 0. The fourth-order valence-electron chi connectivity index (χ4n) is 3.36. The molecule has 0 aromatic carbocycles. The highest BCUT2D eigenvalue weighted by molar-refractivity contribution is 5.75. The molecule has 0 saturated heterocycles. The van der Waals surface area contributed by atoms with Crippen molar-refractivity contribution >= 4 is 16.8 Å². The van der Waals surface area contributed by atoms with Crippen molar-refractivity contribution in [3.8, 4) is 0 Å². The lowest BCUT2D eigenvalue weighted by Gasteiger charge is -2.28. The topological polar surface area (TPSA) is 58.9 Å². The van der Waals surface area contributed by atoms with Gasteiger partial charge in [0.05, 0.1) is 11.2 Å². The van der Waals surface area contributed by atoms with Crippen LogP contribution in [-0.4, -0.2) is 24.6 Å². The molecule has 3 aromatic heterocycles. The lowest BCUT2D eigenvalue weighted by Crippen LogP contribution is -2.17. The van der Waals surface area contributed by atoms with Crippen molar-refractivity contribution in [3.63, 3.8) is 0 Å². The van der Waals surface area contributed by atoms with Crippen molar-refractivity contribution in [2.45, 2.75) is 38.5 Å². The number of rotatable bonds is 1. The number of fused-ring (bicyclic) bond motifs is 3. The third-order valence-electron chi connectivity index (χ3n) is 4.44. The average Bonchev–Trinajstić information content (AvgIpc) is 3.06. The maximum Gasteiger partial charge on any atom is 0.183 e. The summed E-state index contributed by atoms with van der Waals surface area (Å²) in [5.41, 5.74) is 4.01. The van der Waals surface area contributed by atoms with Crippen molar-refractivity contribution in [3.05, 3.63) is 24.3 Å². The summed E-state index contributed by atoms with van der Waals surface area (Å²) in [6, 6.07) is 2.02. The molecule has 5 nitrogen and oxygen atoms in total. The molecule has 0 spiro atoms. The molecule has 2 atom stereocenters. The fourth-order valence-corrected chi connectivity index (χ4v) is 3.36. The molecule has 2 unspecified atom stereocenters. The van der Waals surface area contributed by atoms with Gasteiger partial charge in [-0.1, -0.05) is 26.2 Å². The molecule has 4 rings (SSSR count). The van der Waals surface area contributed by atoms with E-state index >= 15 is 0 Å². The van der Waals surface area contributed by atoms with Gasteiger partial charge in [-0.3, -0.25) is 4.40 Å². The van der Waals surface area contributed by atoms with Gasteiger partial charge in [-0.2, -0.15) is 0 Å². The standard InChI is InChI=1S/C14H17N5/c1-9-4-2-3-5-10(9)12-14-18-16-8-19(14)11-6-7-15-13(11)17-12/h6-10,15H,2-5H2,1H3. The summed E-state index contributed by atoms with van der Waals surface area (Å²) in [7, 11) is 0. The maximum atomic E-state index is 4.83. The third kappa shape index (κ3) is 1.57. The van der Waals surface area contributed by atoms with Crippen LogP contribution in [0.4, 0.5) is 0 Å². The summed E-state index contributed by atoms with van der Waals surface area (Å²) in [5, 5.41) is 8.37. The van der Waals surface area contributed by atoms with Crippen LogP contribution in [0.2, 0.25) is 0 Å². The first-order valence-corrected chi connectivity index (χ1v) is 7.01. The molecule has 5 heteroatoms. The molecule has 19 heavy (non-hydrogen) atoms. The summed E-state index contributed by atoms with van der Waals surface area (Å²) in [6.07, 6.45) is 8.83. The zero-order chi connectivity index (χ0) is 12.8. The van der Waals surface area contributed by atoms with Gasteiger partial charge in [0.25, 0.3) is 0 Å². The minimum atomic E-state index is 0.508. The van der Waals surface area contributed by atoms with E-state index in [9.17, 15) is 0 Å². The van der Waals surface area contributed by atoms with Gasteiger partial charge in [0.1, 0.15) is 6.33 Å². The highest BCUT2D eigenvalue weighted by atomic mass is 15.2. The van der Waals surface area contributed by atoms with Crippen LogP contribution in [0.15, 0.2) is 18.6 Å². The van der Waals surface area contributed by atoms with Crippen molar-refractivity contribution in [2.75, 3.05) is 0 Å². The largest absolute Gasteiger partial charge is 0.345 e. The van der Waals surface area contributed by atoms with E-state index < -0.39 is 0 Å². The summed E-state index contributed by atoms with van der Waals surface area (Å²) in [5.74, 6) is 1.18.